The highest BCUT2D eigenvalue weighted by atomic mass is 16.5. The lowest BCUT2D eigenvalue weighted by Gasteiger charge is -2.20. The van der Waals surface area contributed by atoms with Crippen molar-refractivity contribution in [2.75, 3.05) is 13.2 Å². The van der Waals surface area contributed by atoms with E-state index in [9.17, 15) is 0 Å². The van der Waals surface area contributed by atoms with Gasteiger partial charge in [-0.3, -0.25) is 0 Å². The van der Waals surface area contributed by atoms with Gasteiger partial charge in [0.15, 0.2) is 0 Å². The van der Waals surface area contributed by atoms with Crippen molar-refractivity contribution in [2.24, 2.45) is 0 Å². The van der Waals surface area contributed by atoms with E-state index in [1.807, 2.05) is 31.2 Å². The van der Waals surface area contributed by atoms with Gasteiger partial charge < -0.3 is 14.5 Å². The summed E-state index contributed by atoms with van der Waals surface area (Å²) in [7, 11) is 0. The molecule has 1 N–H and O–H groups in total. The molecule has 0 radical (unpaired) electrons. The van der Waals surface area contributed by atoms with E-state index < -0.39 is 0 Å². The van der Waals surface area contributed by atoms with Crippen LogP contribution in [0, 0.1) is 6.92 Å². The first-order chi connectivity index (χ1) is 8.94. The number of benzene rings is 1. The maximum atomic E-state index is 5.76. The molecule has 104 valence electrons. The molecule has 0 bridgehead atoms. The molecule has 0 aliphatic heterocycles. The third kappa shape index (κ3) is 4.28. The molecule has 0 aliphatic carbocycles. The van der Waals surface area contributed by atoms with Crippen molar-refractivity contribution in [1.29, 1.82) is 0 Å². The van der Waals surface area contributed by atoms with Gasteiger partial charge in [0.05, 0.1) is 6.61 Å². The van der Waals surface area contributed by atoms with E-state index in [-0.39, 0.29) is 5.54 Å². The Kier molecular flexibility index (Phi) is 4.15. The standard InChI is InChI=1S/C16H23NO2/c1-12-10-13-11-14(6-7-15(13)19-12)18-9-5-8-17-16(2,3)4/h6-7,10-11,17H,5,8-9H2,1-4H3. The van der Waals surface area contributed by atoms with Gasteiger partial charge in [-0.1, -0.05) is 0 Å². The molecule has 3 nitrogen and oxygen atoms in total. The van der Waals surface area contributed by atoms with Crippen molar-refractivity contribution in [3.63, 3.8) is 0 Å². The van der Waals surface area contributed by atoms with Crippen LogP contribution in [0.3, 0.4) is 0 Å². The molecule has 0 aliphatic rings. The number of hydrogen-bond donors (Lipinski definition) is 1. The maximum absolute atomic E-state index is 5.76. The second-order valence-electron chi connectivity index (χ2n) is 5.94. The molecule has 2 aromatic rings. The summed E-state index contributed by atoms with van der Waals surface area (Å²) in [5.74, 6) is 1.84. The monoisotopic (exact) mass is 261 g/mol. The molecule has 0 spiro atoms. The van der Waals surface area contributed by atoms with Crippen LogP contribution in [0.1, 0.15) is 33.0 Å². The number of hydrogen-bond acceptors (Lipinski definition) is 3. The minimum atomic E-state index is 0.174. The molecule has 0 saturated carbocycles. The number of rotatable bonds is 5. The van der Waals surface area contributed by atoms with Crippen LogP contribution < -0.4 is 10.1 Å². The molecule has 0 atom stereocenters. The largest absolute Gasteiger partial charge is 0.494 e. The van der Waals surface area contributed by atoms with E-state index in [1.165, 1.54) is 0 Å². The fraction of sp³-hybridized carbons (Fsp3) is 0.500. The van der Waals surface area contributed by atoms with E-state index in [0.29, 0.717) is 0 Å². The van der Waals surface area contributed by atoms with E-state index in [4.69, 9.17) is 9.15 Å². The fourth-order valence-electron chi connectivity index (χ4n) is 1.97. The topological polar surface area (TPSA) is 34.4 Å². The summed E-state index contributed by atoms with van der Waals surface area (Å²) in [5.41, 5.74) is 1.09. The van der Waals surface area contributed by atoms with Crippen molar-refractivity contribution in [2.45, 2.75) is 39.7 Å². The van der Waals surface area contributed by atoms with Crippen LogP contribution in [-0.4, -0.2) is 18.7 Å². The first-order valence-electron chi connectivity index (χ1n) is 6.82. The molecule has 1 aromatic heterocycles. The SMILES string of the molecule is Cc1cc2cc(OCCCNC(C)(C)C)ccc2o1. The lowest BCUT2D eigenvalue weighted by Crippen LogP contribution is -2.36. The van der Waals surface area contributed by atoms with Gasteiger partial charge in [0.2, 0.25) is 0 Å². The Bertz CT molecular complexity index is 537. The lowest BCUT2D eigenvalue weighted by atomic mass is 10.1. The van der Waals surface area contributed by atoms with E-state index in [2.05, 4.69) is 26.1 Å². The summed E-state index contributed by atoms with van der Waals surface area (Å²) in [6.45, 7) is 10.2. The Balaban J connectivity index is 1.81. The molecule has 1 heterocycles. The third-order valence-corrected chi connectivity index (χ3v) is 2.86. The van der Waals surface area contributed by atoms with Gasteiger partial charge in [0.25, 0.3) is 0 Å². The van der Waals surface area contributed by atoms with Crippen LogP contribution in [0.15, 0.2) is 28.7 Å². The van der Waals surface area contributed by atoms with Crippen LogP contribution in [-0.2, 0) is 0 Å². The normalized spacial score (nSPS) is 12.0. The van der Waals surface area contributed by atoms with E-state index in [0.717, 1.165) is 42.1 Å². The van der Waals surface area contributed by atoms with Crippen LogP contribution in [0.5, 0.6) is 5.75 Å². The number of furan rings is 1. The zero-order chi connectivity index (χ0) is 13.9. The Labute approximate surface area is 114 Å². The molecular formula is C16H23NO2. The summed E-state index contributed by atoms with van der Waals surface area (Å²) in [5, 5.41) is 4.55. The Morgan fingerprint density at radius 1 is 1.21 bits per heavy atom. The predicted octanol–water partition coefficient (Wildman–Crippen LogP) is 3.90. The zero-order valence-electron chi connectivity index (χ0n) is 12.2. The summed E-state index contributed by atoms with van der Waals surface area (Å²) in [6.07, 6.45) is 1.000. The van der Waals surface area contributed by atoms with Crippen molar-refractivity contribution >= 4 is 11.0 Å². The molecule has 1 aromatic carbocycles. The van der Waals surface area contributed by atoms with Crippen LogP contribution >= 0.6 is 0 Å². The molecular weight excluding hydrogens is 238 g/mol. The minimum Gasteiger partial charge on any atom is -0.494 e. The molecule has 19 heavy (non-hydrogen) atoms. The summed E-state index contributed by atoms with van der Waals surface area (Å²) in [6, 6.07) is 7.99. The van der Waals surface area contributed by atoms with Gasteiger partial charge >= 0.3 is 0 Å². The highest BCUT2D eigenvalue weighted by Crippen LogP contribution is 2.23. The summed E-state index contributed by atoms with van der Waals surface area (Å²) < 4.78 is 11.3. The summed E-state index contributed by atoms with van der Waals surface area (Å²) >= 11 is 0. The molecule has 0 amide bonds. The first kappa shape index (κ1) is 13.9. The van der Waals surface area contributed by atoms with Crippen molar-refractivity contribution in [3.8, 4) is 5.75 Å². The van der Waals surface area contributed by atoms with E-state index >= 15 is 0 Å². The number of aryl methyl sites for hydroxylation is 1. The van der Waals surface area contributed by atoms with Gasteiger partial charge in [-0.05, 0) is 64.9 Å². The highest BCUT2D eigenvalue weighted by molar-refractivity contribution is 5.79. The molecule has 0 unspecified atom stereocenters. The zero-order valence-corrected chi connectivity index (χ0v) is 12.2. The second-order valence-corrected chi connectivity index (χ2v) is 5.94. The van der Waals surface area contributed by atoms with Gasteiger partial charge in [-0.15, -0.1) is 0 Å². The van der Waals surface area contributed by atoms with Gasteiger partial charge in [0, 0.05) is 10.9 Å². The second kappa shape index (κ2) is 5.66. The minimum absolute atomic E-state index is 0.174. The average Bonchev–Trinajstić information content (AvgIpc) is 2.66. The van der Waals surface area contributed by atoms with Crippen molar-refractivity contribution in [1.82, 2.24) is 5.32 Å². The van der Waals surface area contributed by atoms with Crippen LogP contribution in [0.25, 0.3) is 11.0 Å². The highest BCUT2D eigenvalue weighted by Gasteiger charge is 2.07. The molecule has 3 heteroatoms. The Morgan fingerprint density at radius 3 is 2.74 bits per heavy atom. The van der Waals surface area contributed by atoms with Crippen LogP contribution in [0.2, 0.25) is 0 Å². The number of fused-ring (bicyclic) bond motifs is 1. The fourth-order valence-corrected chi connectivity index (χ4v) is 1.97. The summed E-state index contributed by atoms with van der Waals surface area (Å²) in [4.78, 5) is 0. The predicted molar refractivity (Wildman–Crippen MR) is 78.8 cm³/mol. The van der Waals surface area contributed by atoms with Crippen LogP contribution in [0.4, 0.5) is 0 Å². The first-order valence-corrected chi connectivity index (χ1v) is 6.82. The van der Waals surface area contributed by atoms with Gasteiger partial charge in [0.1, 0.15) is 17.1 Å². The van der Waals surface area contributed by atoms with Gasteiger partial charge in [-0.2, -0.15) is 0 Å². The Morgan fingerprint density at radius 2 is 2.00 bits per heavy atom. The number of nitrogens with one attached hydrogen (secondary N) is 1. The van der Waals surface area contributed by atoms with Gasteiger partial charge in [-0.25, -0.2) is 0 Å². The van der Waals surface area contributed by atoms with E-state index in [1.54, 1.807) is 0 Å². The Hall–Kier alpha value is -1.48. The lowest BCUT2D eigenvalue weighted by molar-refractivity contribution is 0.298. The third-order valence-electron chi connectivity index (χ3n) is 2.86. The molecule has 0 fully saturated rings. The quantitative estimate of drug-likeness (QED) is 0.829. The van der Waals surface area contributed by atoms with Crippen molar-refractivity contribution in [3.05, 3.63) is 30.0 Å². The molecule has 0 saturated heterocycles. The molecule has 2 rings (SSSR count). The smallest absolute Gasteiger partial charge is 0.134 e. The van der Waals surface area contributed by atoms with Crippen molar-refractivity contribution < 1.29 is 9.15 Å². The average molecular weight is 261 g/mol. The number of ether oxygens (including phenoxy) is 1. The maximum Gasteiger partial charge on any atom is 0.134 e.